The molecule has 1 heterocycles. The zero-order valence-corrected chi connectivity index (χ0v) is 4.00. The Bertz CT molecular complexity index is 76.1. The smallest absolute Gasteiger partial charge is 0.110 e. The van der Waals surface area contributed by atoms with Gasteiger partial charge >= 0.3 is 0 Å². The Balaban J connectivity index is 2.22. The maximum Gasteiger partial charge on any atom is 0.110 e. The minimum Gasteiger partial charge on any atom is -0.386 e. The van der Waals surface area contributed by atoms with Gasteiger partial charge < -0.3 is 9.84 Å². The van der Waals surface area contributed by atoms with Gasteiger partial charge in [-0.25, -0.2) is 0 Å². The monoisotopic (exact) mass is 100 g/mol. The molecule has 0 saturated carbocycles. The Kier molecular flexibility index (Phi) is 1.13. The third kappa shape index (κ3) is 1.01. The Hall–Kier alpha value is -0.340. The van der Waals surface area contributed by atoms with Crippen LogP contribution in [0.2, 0.25) is 0 Å². The summed E-state index contributed by atoms with van der Waals surface area (Å²) in [7, 11) is 0. The molecule has 0 radical (unpaired) electrons. The number of ether oxygens (including phenoxy) is 1. The molecule has 0 spiro atoms. The molecule has 1 aliphatic heterocycles. The van der Waals surface area contributed by atoms with Crippen LogP contribution in [0.15, 0.2) is 12.7 Å². The molecular weight excluding hydrogens is 92.1 g/mol. The third-order valence-corrected chi connectivity index (χ3v) is 0.982. The average molecular weight is 100 g/mol. The highest BCUT2D eigenvalue weighted by atomic mass is 16.6. The van der Waals surface area contributed by atoms with E-state index in [1.165, 1.54) is 6.08 Å². The number of hydrogen-bond acceptors (Lipinski definition) is 2. The standard InChI is InChI=1S/C5H8O2/c1-2-4(6)5-3-7-5/h2,4-6H,1,3H2/t4-,5-/m0/s1. The second kappa shape index (κ2) is 1.64. The summed E-state index contributed by atoms with van der Waals surface area (Å²) in [6.45, 7) is 4.08. The van der Waals surface area contributed by atoms with Gasteiger partial charge in [-0.15, -0.1) is 6.58 Å². The van der Waals surface area contributed by atoms with E-state index < -0.39 is 6.10 Å². The summed E-state index contributed by atoms with van der Waals surface area (Å²) in [6.07, 6.45) is 1.09. The second-order valence-electron chi connectivity index (χ2n) is 1.60. The van der Waals surface area contributed by atoms with E-state index in [1.54, 1.807) is 0 Å². The molecule has 2 heteroatoms. The molecule has 1 aliphatic rings. The first kappa shape index (κ1) is 4.81. The van der Waals surface area contributed by atoms with E-state index in [2.05, 4.69) is 6.58 Å². The molecule has 0 amide bonds. The zero-order chi connectivity index (χ0) is 5.28. The van der Waals surface area contributed by atoms with Crippen molar-refractivity contribution < 1.29 is 9.84 Å². The predicted molar refractivity (Wildman–Crippen MR) is 25.9 cm³/mol. The number of aliphatic hydroxyl groups is 1. The van der Waals surface area contributed by atoms with Crippen LogP contribution in [0.1, 0.15) is 0 Å². The van der Waals surface area contributed by atoms with Gasteiger partial charge in [0.15, 0.2) is 0 Å². The molecule has 0 aliphatic carbocycles. The molecule has 1 rings (SSSR count). The van der Waals surface area contributed by atoms with Crippen LogP contribution in [0.25, 0.3) is 0 Å². The lowest BCUT2D eigenvalue weighted by atomic mass is 10.3. The first-order chi connectivity index (χ1) is 3.34. The van der Waals surface area contributed by atoms with Crippen LogP contribution in [-0.4, -0.2) is 23.9 Å². The van der Waals surface area contributed by atoms with E-state index in [0.717, 1.165) is 0 Å². The topological polar surface area (TPSA) is 32.8 Å². The molecule has 2 nitrogen and oxygen atoms in total. The Labute approximate surface area is 42.4 Å². The molecule has 40 valence electrons. The van der Waals surface area contributed by atoms with Gasteiger partial charge in [-0.1, -0.05) is 6.08 Å². The Morgan fingerprint density at radius 1 is 2.00 bits per heavy atom. The summed E-state index contributed by atoms with van der Waals surface area (Å²) < 4.78 is 4.74. The van der Waals surface area contributed by atoms with Crippen molar-refractivity contribution in [2.24, 2.45) is 0 Å². The highest BCUT2D eigenvalue weighted by Gasteiger charge is 2.28. The van der Waals surface area contributed by atoms with Gasteiger partial charge in [-0.05, 0) is 0 Å². The molecule has 7 heavy (non-hydrogen) atoms. The van der Waals surface area contributed by atoms with Crippen LogP contribution < -0.4 is 0 Å². The van der Waals surface area contributed by atoms with Crippen LogP contribution in [-0.2, 0) is 4.74 Å². The van der Waals surface area contributed by atoms with Crippen LogP contribution in [0.4, 0.5) is 0 Å². The van der Waals surface area contributed by atoms with Crippen molar-refractivity contribution in [1.82, 2.24) is 0 Å². The lowest BCUT2D eigenvalue weighted by molar-refractivity contribution is 0.178. The van der Waals surface area contributed by atoms with Gasteiger partial charge in [0.1, 0.15) is 12.2 Å². The summed E-state index contributed by atoms with van der Waals surface area (Å²) in [5.41, 5.74) is 0. The molecule has 0 bridgehead atoms. The summed E-state index contributed by atoms with van der Waals surface area (Å²) in [5, 5.41) is 8.75. The number of aliphatic hydroxyl groups excluding tert-OH is 1. The van der Waals surface area contributed by atoms with Crippen molar-refractivity contribution in [1.29, 1.82) is 0 Å². The van der Waals surface area contributed by atoms with Gasteiger partial charge in [-0.2, -0.15) is 0 Å². The van der Waals surface area contributed by atoms with Crippen LogP contribution in [0.3, 0.4) is 0 Å². The minimum atomic E-state index is -0.444. The molecular formula is C5H8O2. The largest absolute Gasteiger partial charge is 0.386 e. The van der Waals surface area contributed by atoms with E-state index in [-0.39, 0.29) is 6.10 Å². The number of rotatable bonds is 2. The fraction of sp³-hybridized carbons (Fsp3) is 0.600. The maximum absolute atomic E-state index is 8.75. The van der Waals surface area contributed by atoms with E-state index in [1.807, 2.05) is 0 Å². The molecule has 0 aromatic rings. The Morgan fingerprint density at radius 3 is 2.71 bits per heavy atom. The van der Waals surface area contributed by atoms with Gasteiger partial charge in [-0.3, -0.25) is 0 Å². The summed E-state index contributed by atoms with van der Waals surface area (Å²) in [6, 6.07) is 0. The molecule has 0 aromatic carbocycles. The van der Waals surface area contributed by atoms with E-state index >= 15 is 0 Å². The molecule has 1 fully saturated rings. The van der Waals surface area contributed by atoms with E-state index in [0.29, 0.717) is 6.61 Å². The SMILES string of the molecule is C=C[C@H](O)[C@@H]1CO1. The highest BCUT2D eigenvalue weighted by molar-refractivity contribution is 4.90. The van der Waals surface area contributed by atoms with Crippen molar-refractivity contribution in [3.05, 3.63) is 12.7 Å². The van der Waals surface area contributed by atoms with Crippen LogP contribution in [0.5, 0.6) is 0 Å². The van der Waals surface area contributed by atoms with Gasteiger partial charge in [0, 0.05) is 0 Å². The summed E-state index contributed by atoms with van der Waals surface area (Å²) in [4.78, 5) is 0. The number of epoxide rings is 1. The van der Waals surface area contributed by atoms with Gasteiger partial charge in [0.05, 0.1) is 6.61 Å². The maximum atomic E-state index is 8.75. The molecule has 1 saturated heterocycles. The van der Waals surface area contributed by atoms with Crippen molar-refractivity contribution in [3.63, 3.8) is 0 Å². The fourth-order valence-electron chi connectivity index (χ4n) is 0.405. The first-order valence-electron chi connectivity index (χ1n) is 2.27. The van der Waals surface area contributed by atoms with Crippen molar-refractivity contribution in [2.75, 3.05) is 6.61 Å². The van der Waals surface area contributed by atoms with E-state index in [9.17, 15) is 0 Å². The molecule has 1 N–H and O–H groups in total. The normalized spacial score (nSPS) is 31.9. The van der Waals surface area contributed by atoms with Crippen molar-refractivity contribution in [3.8, 4) is 0 Å². The molecule has 0 aromatic heterocycles. The predicted octanol–water partition coefficient (Wildman–Crippen LogP) is -0.0679. The van der Waals surface area contributed by atoms with E-state index in [4.69, 9.17) is 9.84 Å². The average Bonchev–Trinajstić information content (AvgIpc) is 2.44. The van der Waals surface area contributed by atoms with Crippen molar-refractivity contribution >= 4 is 0 Å². The third-order valence-electron chi connectivity index (χ3n) is 0.982. The first-order valence-corrected chi connectivity index (χ1v) is 2.27. The Morgan fingerprint density at radius 2 is 2.57 bits per heavy atom. The number of hydrogen-bond donors (Lipinski definition) is 1. The zero-order valence-electron chi connectivity index (χ0n) is 4.00. The molecule has 2 atom stereocenters. The highest BCUT2D eigenvalue weighted by Crippen LogP contribution is 2.13. The fourth-order valence-corrected chi connectivity index (χ4v) is 0.405. The second-order valence-corrected chi connectivity index (χ2v) is 1.60. The lowest BCUT2D eigenvalue weighted by Gasteiger charge is -1.93. The van der Waals surface area contributed by atoms with Crippen LogP contribution >= 0.6 is 0 Å². The molecule has 0 unspecified atom stereocenters. The van der Waals surface area contributed by atoms with Gasteiger partial charge in [0.25, 0.3) is 0 Å². The minimum absolute atomic E-state index is 0.0532. The quantitative estimate of drug-likeness (QED) is 0.389. The van der Waals surface area contributed by atoms with Crippen LogP contribution in [0, 0.1) is 0 Å². The van der Waals surface area contributed by atoms with Gasteiger partial charge in [0.2, 0.25) is 0 Å². The summed E-state index contributed by atoms with van der Waals surface area (Å²) in [5.74, 6) is 0. The summed E-state index contributed by atoms with van der Waals surface area (Å²) >= 11 is 0. The van der Waals surface area contributed by atoms with Crippen molar-refractivity contribution in [2.45, 2.75) is 12.2 Å². The lowest BCUT2D eigenvalue weighted by Crippen LogP contribution is -2.09.